The molecule has 0 aromatic heterocycles. The van der Waals surface area contributed by atoms with E-state index < -0.39 is 0 Å². The second-order valence-electron chi connectivity index (χ2n) is 5.08. The first-order valence-corrected chi connectivity index (χ1v) is 6.52. The number of rotatable bonds is 2. The van der Waals surface area contributed by atoms with Crippen molar-refractivity contribution in [3.05, 3.63) is 42.5 Å². The van der Waals surface area contributed by atoms with Gasteiger partial charge in [-0.05, 0) is 43.4 Å². The fourth-order valence-electron chi connectivity index (χ4n) is 2.88. The van der Waals surface area contributed by atoms with Gasteiger partial charge in [0.2, 0.25) is 0 Å². The van der Waals surface area contributed by atoms with Crippen molar-refractivity contribution in [3.8, 4) is 0 Å². The summed E-state index contributed by atoms with van der Waals surface area (Å²) >= 11 is 0. The lowest BCUT2D eigenvalue weighted by molar-refractivity contribution is 0.0985. The van der Waals surface area contributed by atoms with Crippen molar-refractivity contribution in [1.82, 2.24) is 0 Å². The van der Waals surface area contributed by atoms with E-state index in [0.29, 0.717) is 11.8 Å². The SMILES string of the molecule is O=C(Nc1ccccc1)OC1C=CC2CCC1C2. The van der Waals surface area contributed by atoms with Crippen LogP contribution in [0.25, 0.3) is 0 Å². The summed E-state index contributed by atoms with van der Waals surface area (Å²) in [7, 11) is 0. The number of amides is 1. The molecule has 3 rings (SSSR count). The van der Waals surface area contributed by atoms with E-state index in [-0.39, 0.29) is 12.2 Å². The maximum atomic E-state index is 11.8. The number of carbonyl (C=O) groups excluding carboxylic acids is 1. The molecule has 1 saturated carbocycles. The van der Waals surface area contributed by atoms with Crippen LogP contribution in [0.1, 0.15) is 19.3 Å². The largest absolute Gasteiger partial charge is 0.441 e. The summed E-state index contributed by atoms with van der Waals surface area (Å²) in [5.74, 6) is 1.23. The van der Waals surface area contributed by atoms with Crippen LogP contribution in [0.4, 0.5) is 10.5 Å². The molecule has 1 aromatic carbocycles. The van der Waals surface area contributed by atoms with Crippen LogP contribution in [0.2, 0.25) is 0 Å². The molecular weight excluding hydrogens is 226 g/mol. The number of allylic oxidation sites excluding steroid dienone is 1. The third kappa shape index (κ3) is 2.40. The lowest BCUT2D eigenvalue weighted by atomic mass is 9.93. The van der Waals surface area contributed by atoms with E-state index in [1.165, 1.54) is 19.3 Å². The number of hydrogen-bond acceptors (Lipinski definition) is 2. The van der Waals surface area contributed by atoms with Crippen LogP contribution in [0.15, 0.2) is 42.5 Å². The molecule has 0 radical (unpaired) electrons. The van der Waals surface area contributed by atoms with E-state index in [0.717, 1.165) is 5.69 Å². The number of hydrogen-bond donors (Lipinski definition) is 1. The van der Waals surface area contributed by atoms with Crippen molar-refractivity contribution in [3.63, 3.8) is 0 Å². The summed E-state index contributed by atoms with van der Waals surface area (Å²) in [5.41, 5.74) is 0.770. The molecule has 3 atom stereocenters. The maximum Gasteiger partial charge on any atom is 0.412 e. The van der Waals surface area contributed by atoms with Gasteiger partial charge in [-0.15, -0.1) is 0 Å². The van der Waals surface area contributed by atoms with E-state index >= 15 is 0 Å². The zero-order chi connectivity index (χ0) is 12.4. The molecule has 1 N–H and O–H groups in total. The zero-order valence-corrected chi connectivity index (χ0v) is 10.2. The fourth-order valence-corrected chi connectivity index (χ4v) is 2.88. The second-order valence-corrected chi connectivity index (χ2v) is 5.08. The van der Waals surface area contributed by atoms with Gasteiger partial charge < -0.3 is 4.74 Å². The minimum Gasteiger partial charge on any atom is -0.441 e. The van der Waals surface area contributed by atoms with Gasteiger partial charge in [0.25, 0.3) is 0 Å². The summed E-state index contributed by atoms with van der Waals surface area (Å²) in [4.78, 5) is 11.8. The number of ether oxygens (including phenoxy) is 1. The third-order valence-electron chi connectivity index (χ3n) is 3.81. The Morgan fingerprint density at radius 2 is 2.00 bits per heavy atom. The third-order valence-corrected chi connectivity index (χ3v) is 3.81. The van der Waals surface area contributed by atoms with Crippen LogP contribution < -0.4 is 5.32 Å². The second kappa shape index (κ2) is 4.84. The molecule has 1 fully saturated rings. The molecular formula is C15H17NO2. The summed E-state index contributed by atoms with van der Waals surface area (Å²) in [6, 6.07) is 9.39. The molecule has 0 heterocycles. The van der Waals surface area contributed by atoms with Gasteiger partial charge in [0.15, 0.2) is 0 Å². The standard InChI is InChI=1S/C15H17NO2/c17-15(16-13-4-2-1-3-5-13)18-14-9-7-11-6-8-12(14)10-11/h1-5,7,9,11-12,14H,6,8,10H2,(H,16,17). The first-order valence-electron chi connectivity index (χ1n) is 6.52. The van der Waals surface area contributed by atoms with Gasteiger partial charge >= 0.3 is 6.09 Å². The topological polar surface area (TPSA) is 38.3 Å². The number of fused-ring (bicyclic) bond motifs is 2. The van der Waals surface area contributed by atoms with Gasteiger partial charge in [-0.3, -0.25) is 5.32 Å². The van der Waals surface area contributed by atoms with Gasteiger partial charge in [0, 0.05) is 11.6 Å². The van der Waals surface area contributed by atoms with Crippen molar-refractivity contribution in [1.29, 1.82) is 0 Å². The molecule has 3 unspecified atom stereocenters. The molecule has 0 saturated heterocycles. The molecule has 0 aliphatic heterocycles. The average molecular weight is 243 g/mol. The normalized spacial score (nSPS) is 29.0. The van der Waals surface area contributed by atoms with Gasteiger partial charge in [0.05, 0.1) is 0 Å². The Hall–Kier alpha value is -1.77. The average Bonchev–Trinajstić information content (AvgIpc) is 2.77. The first kappa shape index (κ1) is 11.3. The number of nitrogens with one attached hydrogen (secondary N) is 1. The van der Waals surface area contributed by atoms with Gasteiger partial charge in [-0.1, -0.05) is 24.3 Å². The Bertz CT molecular complexity index is 455. The van der Waals surface area contributed by atoms with E-state index in [1.54, 1.807) is 0 Å². The number of carbonyl (C=O) groups is 1. The highest BCUT2D eigenvalue weighted by molar-refractivity contribution is 5.84. The number of para-hydroxylation sites is 1. The summed E-state index contributed by atoms with van der Waals surface area (Å²) in [6.45, 7) is 0. The van der Waals surface area contributed by atoms with E-state index in [9.17, 15) is 4.79 Å². The van der Waals surface area contributed by atoms with Crippen molar-refractivity contribution in [2.24, 2.45) is 11.8 Å². The Kier molecular flexibility index (Phi) is 3.05. The fraction of sp³-hybridized carbons (Fsp3) is 0.400. The Labute approximate surface area is 107 Å². The van der Waals surface area contributed by atoms with Gasteiger partial charge in [-0.25, -0.2) is 4.79 Å². The predicted molar refractivity (Wildman–Crippen MR) is 70.3 cm³/mol. The first-order chi connectivity index (χ1) is 8.81. The molecule has 94 valence electrons. The van der Waals surface area contributed by atoms with Crippen molar-refractivity contribution >= 4 is 11.8 Å². The smallest absolute Gasteiger partial charge is 0.412 e. The Morgan fingerprint density at radius 3 is 2.83 bits per heavy atom. The molecule has 2 aliphatic rings. The minimum atomic E-state index is -0.360. The molecule has 1 amide bonds. The van der Waals surface area contributed by atoms with Gasteiger partial charge in [-0.2, -0.15) is 0 Å². The van der Waals surface area contributed by atoms with E-state index in [1.807, 2.05) is 30.3 Å². The summed E-state index contributed by atoms with van der Waals surface area (Å²) in [5, 5.41) is 2.75. The lowest BCUT2D eigenvalue weighted by Gasteiger charge is -2.23. The van der Waals surface area contributed by atoms with Crippen LogP contribution in [0.3, 0.4) is 0 Å². The van der Waals surface area contributed by atoms with Crippen LogP contribution in [-0.2, 0) is 4.74 Å². The predicted octanol–water partition coefficient (Wildman–Crippen LogP) is 3.59. The summed E-state index contributed by atoms with van der Waals surface area (Å²) in [6.07, 6.45) is 7.41. The maximum absolute atomic E-state index is 11.8. The summed E-state index contributed by atoms with van der Waals surface area (Å²) < 4.78 is 5.49. The molecule has 2 bridgehead atoms. The molecule has 2 aliphatic carbocycles. The van der Waals surface area contributed by atoms with Crippen LogP contribution in [0, 0.1) is 11.8 Å². The monoisotopic (exact) mass is 243 g/mol. The minimum absolute atomic E-state index is 0.0486. The molecule has 18 heavy (non-hydrogen) atoms. The van der Waals surface area contributed by atoms with Crippen LogP contribution in [0.5, 0.6) is 0 Å². The Balaban J connectivity index is 1.58. The lowest BCUT2D eigenvalue weighted by Crippen LogP contribution is -2.28. The molecule has 0 spiro atoms. The molecule has 3 heteroatoms. The van der Waals surface area contributed by atoms with Crippen molar-refractivity contribution in [2.75, 3.05) is 5.32 Å². The van der Waals surface area contributed by atoms with Crippen molar-refractivity contribution < 1.29 is 9.53 Å². The van der Waals surface area contributed by atoms with E-state index in [4.69, 9.17) is 4.74 Å². The zero-order valence-electron chi connectivity index (χ0n) is 10.2. The van der Waals surface area contributed by atoms with E-state index in [2.05, 4.69) is 17.5 Å². The number of anilines is 1. The quantitative estimate of drug-likeness (QED) is 0.806. The van der Waals surface area contributed by atoms with Crippen LogP contribution >= 0.6 is 0 Å². The number of benzene rings is 1. The highest BCUT2D eigenvalue weighted by Gasteiger charge is 2.34. The molecule has 1 aromatic rings. The van der Waals surface area contributed by atoms with Crippen molar-refractivity contribution in [2.45, 2.75) is 25.4 Å². The highest BCUT2D eigenvalue weighted by Crippen LogP contribution is 2.39. The highest BCUT2D eigenvalue weighted by atomic mass is 16.6. The molecule has 3 nitrogen and oxygen atoms in total. The van der Waals surface area contributed by atoms with Gasteiger partial charge in [0.1, 0.15) is 6.10 Å². The Morgan fingerprint density at radius 1 is 1.17 bits per heavy atom. The van der Waals surface area contributed by atoms with Crippen LogP contribution in [-0.4, -0.2) is 12.2 Å².